The largest absolute Gasteiger partial charge is 0.344 e. The molecule has 1 aliphatic rings. The molecule has 0 amide bonds. The fraction of sp³-hybridized carbons (Fsp3) is 0.481. The first kappa shape index (κ1) is 25.3. The van der Waals surface area contributed by atoms with Gasteiger partial charge in [-0.2, -0.15) is 0 Å². The van der Waals surface area contributed by atoms with Gasteiger partial charge < -0.3 is 15.6 Å². The van der Waals surface area contributed by atoms with Crippen molar-refractivity contribution in [3.8, 4) is 0 Å². The van der Waals surface area contributed by atoms with E-state index < -0.39 is 0 Å². The molecule has 1 aliphatic carbocycles. The van der Waals surface area contributed by atoms with Crippen LogP contribution in [0.4, 0.5) is 0 Å². The second-order valence-electron chi connectivity index (χ2n) is 9.09. The molecule has 3 nitrogen and oxygen atoms in total. The van der Waals surface area contributed by atoms with Crippen molar-refractivity contribution in [3.05, 3.63) is 69.8 Å². The van der Waals surface area contributed by atoms with Gasteiger partial charge in [0.15, 0.2) is 0 Å². The maximum Gasteiger partial charge on any atom is 0.0486 e. The summed E-state index contributed by atoms with van der Waals surface area (Å²) in [6.45, 7) is 4.94. The van der Waals surface area contributed by atoms with Crippen molar-refractivity contribution in [1.82, 2.24) is 9.88 Å². The first-order chi connectivity index (χ1) is 15.2. The summed E-state index contributed by atoms with van der Waals surface area (Å²) in [6, 6.07) is 16.5. The number of rotatable bonds is 9. The SMILES string of the molecule is Cc1cccc(C(CCNCCCN)c2cn(C3CCCCC3)c3ccc(Br)cc23)c1.Cl. The predicted molar refractivity (Wildman–Crippen MR) is 143 cm³/mol. The molecule has 1 aromatic heterocycles. The number of nitrogens with zero attached hydrogens (tertiary/aromatic N) is 1. The van der Waals surface area contributed by atoms with Gasteiger partial charge in [-0.3, -0.25) is 0 Å². The molecule has 3 N–H and O–H groups in total. The van der Waals surface area contributed by atoms with E-state index in [4.69, 9.17) is 5.73 Å². The maximum atomic E-state index is 5.67. The molecule has 5 heteroatoms. The van der Waals surface area contributed by atoms with Crippen LogP contribution in [0.1, 0.15) is 73.6 Å². The Morgan fingerprint density at radius 2 is 1.91 bits per heavy atom. The summed E-state index contributed by atoms with van der Waals surface area (Å²) < 4.78 is 3.76. The first-order valence-corrected chi connectivity index (χ1v) is 12.7. The van der Waals surface area contributed by atoms with Gasteiger partial charge in [0.1, 0.15) is 0 Å². The van der Waals surface area contributed by atoms with Gasteiger partial charge >= 0.3 is 0 Å². The van der Waals surface area contributed by atoms with Crippen LogP contribution in [0.15, 0.2) is 53.1 Å². The van der Waals surface area contributed by atoms with Crippen LogP contribution in [-0.4, -0.2) is 24.2 Å². The fourth-order valence-electron chi connectivity index (χ4n) is 5.18. The fourth-order valence-corrected chi connectivity index (χ4v) is 5.54. The van der Waals surface area contributed by atoms with Gasteiger partial charge in [0.2, 0.25) is 0 Å². The lowest BCUT2D eigenvalue weighted by Gasteiger charge is -2.24. The number of hydrogen-bond acceptors (Lipinski definition) is 2. The third-order valence-electron chi connectivity index (χ3n) is 6.78. The van der Waals surface area contributed by atoms with Gasteiger partial charge in [-0.1, -0.05) is 65.0 Å². The number of aromatic nitrogens is 1. The number of benzene rings is 2. The molecule has 1 fully saturated rings. The zero-order valence-electron chi connectivity index (χ0n) is 19.2. The van der Waals surface area contributed by atoms with Gasteiger partial charge in [-0.05, 0) is 81.6 Å². The number of nitrogens with one attached hydrogen (secondary N) is 1. The van der Waals surface area contributed by atoms with E-state index in [0.29, 0.717) is 12.0 Å². The Kier molecular flexibility index (Phi) is 9.66. The molecule has 0 aliphatic heterocycles. The van der Waals surface area contributed by atoms with Crippen LogP contribution in [0, 0.1) is 6.92 Å². The number of hydrogen-bond donors (Lipinski definition) is 2. The van der Waals surface area contributed by atoms with Gasteiger partial charge in [0, 0.05) is 33.5 Å². The third-order valence-corrected chi connectivity index (χ3v) is 7.27. The zero-order chi connectivity index (χ0) is 21.6. The molecular weight excluding hydrogens is 482 g/mol. The standard InChI is InChI=1S/C27H36BrN3.ClH/c1-20-7-5-8-21(17-20)24(13-16-30-15-6-14-29)26-19-31(23-9-3-2-4-10-23)27-12-11-22(28)18-25(26)27;/h5,7-8,11-12,17-19,23-24,30H,2-4,6,9-10,13-16,29H2,1H3;1H. The van der Waals surface area contributed by atoms with Crippen LogP contribution in [0.2, 0.25) is 0 Å². The first-order valence-electron chi connectivity index (χ1n) is 11.9. The summed E-state index contributed by atoms with van der Waals surface area (Å²) in [5, 5.41) is 5.00. The van der Waals surface area contributed by atoms with Crippen molar-refractivity contribution >= 4 is 39.2 Å². The Hall–Kier alpha value is -1.33. The van der Waals surface area contributed by atoms with Gasteiger partial charge in [0.05, 0.1) is 0 Å². The Balaban J connectivity index is 0.00000289. The third kappa shape index (κ3) is 5.96. The summed E-state index contributed by atoms with van der Waals surface area (Å²) >= 11 is 3.74. The van der Waals surface area contributed by atoms with Crippen molar-refractivity contribution in [2.24, 2.45) is 5.73 Å². The molecule has 1 atom stereocenters. The smallest absolute Gasteiger partial charge is 0.0486 e. The van der Waals surface area contributed by atoms with Crippen LogP contribution in [-0.2, 0) is 0 Å². The summed E-state index contributed by atoms with van der Waals surface area (Å²) in [4.78, 5) is 0. The van der Waals surface area contributed by atoms with Crippen LogP contribution >= 0.6 is 28.3 Å². The highest BCUT2D eigenvalue weighted by Gasteiger charge is 2.24. The molecule has 32 heavy (non-hydrogen) atoms. The van der Waals surface area contributed by atoms with E-state index in [0.717, 1.165) is 36.9 Å². The molecule has 3 aromatic rings. The molecule has 0 bridgehead atoms. The van der Waals surface area contributed by atoms with Crippen LogP contribution in [0.3, 0.4) is 0 Å². The average molecular weight is 519 g/mol. The van der Waals surface area contributed by atoms with Crippen molar-refractivity contribution in [2.75, 3.05) is 19.6 Å². The van der Waals surface area contributed by atoms with Gasteiger partial charge in [0.25, 0.3) is 0 Å². The lowest BCUT2D eigenvalue weighted by Crippen LogP contribution is -2.21. The Bertz CT molecular complexity index is 994. The second-order valence-corrected chi connectivity index (χ2v) is 10.0. The normalized spacial score (nSPS) is 15.6. The molecule has 0 spiro atoms. The quantitative estimate of drug-likeness (QED) is 0.297. The zero-order valence-corrected chi connectivity index (χ0v) is 21.6. The summed E-state index contributed by atoms with van der Waals surface area (Å²) in [5.41, 5.74) is 11.3. The van der Waals surface area contributed by atoms with E-state index in [-0.39, 0.29) is 12.4 Å². The lowest BCUT2D eigenvalue weighted by molar-refractivity contribution is 0.360. The van der Waals surface area contributed by atoms with E-state index in [1.165, 1.54) is 59.7 Å². The van der Waals surface area contributed by atoms with E-state index in [2.05, 4.69) is 81.4 Å². The molecule has 1 unspecified atom stereocenters. The molecular formula is C27H37BrClN3. The van der Waals surface area contributed by atoms with Crippen LogP contribution in [0.5, 0.6) is 0 Å². The Labute approximate surface area is 207 Å². The minimum absolute atomic E-state index is 0. The molecule has 1 heterocycles. The molecule has 174 valence electrons. The van der Waals surface area contributed by atoms with Crippen molar-refractivity contribution in [1.29, 1.82) is 0 Å². The average Bonchev–Trinajstić information content (AvgIpc) is 3.15. The summed E-state index contributed by atoms with van der Waals surface area (Å²) in [7, 11) is 0. The minimum atomic E-state index is 0. The number of fused-ring (bicyclic) bond motifs is 1. The number of halogens is 2. The summed E-state index contributed by atoms with van der Waals surface area (Å²) in [5.74, 6) is 0.381. The predicted octanol–water partition coefficient (Wildman–Crippen LogP) is 7.10. The van der Waals surface area contributed by atoms with Gasteiger partial charge in [-0.15, -0.1) is 12.4 Å². The van der Waals surface area contributed by atoms with Crippen molar-refractivity contribution in [3.63, 3.8) is 0 Å². The highest BCUT2D eigenvalue weighted by atomic mass is 79.9. The van der Waals surface area contributed by atoms with Crippen molar-refractivity contribution in [2.45, 2.75) is 63.8 Å². The van der Waals surface area contributed by atoms with Crippen LogP contribution < -0.4 is 11.1 Å². The topological polar surface area (TPSA) is 43.0 Å². The van der Waals surface area contributed by atoms with E-state index in [9.17, 15) is 0 Å². The van der Waals surface area contributed by atoms with Crippen molar-refractivity contribution < 1.29 is 0 Å². The maximum absolute atomic E-state index is 5.67. The summed E-state index contributed by atoms with van der Waals surface area (Å²) in [6.07, 6.45) is 11.3. The lowest BCUT2D eigenvalue weighted by atomic mass is 9.87. The monoisotopic (exact) mass is 517 g/mol. The molecule has 1 saturated carbocycles. The Morgan fingerprint density at radius 1 is 1.09 bits per heavy atom. The van der Waals surface area contributed by atoms with Gasteiger partial charge in [-0.25, -0.2) is 0 Å². The highest BCUT2D eigenvalue weighted by Crippen LogP contribution is 2.39. The minimum Gasteiger partial charge on any atom is -0.344 e. The van der Waals surface area contributed by atoms with Crippen LogP contribution in [0.25, 0.3) is 10.9 Å². The Morgan fingerprint density at radius 3 is 2.66 bits per heavy atom. The number of aryl methyl sites for hydroxylation is 1. The second kappa shape index (κ2) is 12.2. The van der Waals surface area contributed by atoms with E-state index in [1.807, 2.05) is 0 Å². The highest BCUT2D eigenvalue weighted by molar-refractivity contribution is 9.10. The molecule has 2 aromatic carbocycles. The molecule has 4 rings (SSSR count). The van der Waals surface area contributed by atoms with E-state index in [1.54, 1.807) is 0 Å². The van der Waals surface area contributed by atoms with E-state index >= 15 is 0 Å². The molecule has 0 saturated heterocycles. The molecule has 0 radical (unpaired) electrons. The number of nitrogens with two attached hydrogens (primary N) is 1.